The standard InChI is InChI=1S/C32H31Cl2N7O5/c33-22-1-10-28(29(34)15-22)32(19-40-21-35-20-37-40)45-18-27(46-32)17-44-26-8-6-24(7-9-26)39-13-11-38(12-14-39)23-2-4-25(5-3-23)41-30(42)16-36-31(41)43/h1-10,15,20-21,27H,11-14,16-19H2,(H,36,43). The van der Waals surface area contributed by atoms with Gasteiger partial charge >= 0.3 is 6.03 Å². The molecule has 238 valence electrons. The topological polar surface area (TPSA) is 114 Å². The molecule has 3 fully saturated rings. The Labute approximate surface area is 275 Å². The third kappa shape index (κ3) is 6.21. The van der Waals surface area contributed by atoms with Crippen LogP contribution in [0.25, 0.3) is 0 Å². The van der Waals surface area contributed by atoms with E-state index in [1.807, 2.05) is 36.4 Å². The fourth-order valence-electron chi connectivity index (χ4n) is 5.94. The fraction of sp³-hybridized carbons (Fsp3) is 0.312. The third-order valence-electron chi connectivity index (χ3n) is 8.27. The fourth-order valence-corrected chi connectivity index (χ4v) is 6.50. The molecule has 3 saturated heterocycles. The van der Waals surface area contributed by atoms with Crippen LogP contribution in [0.5, 0.6) is 5.75 Å². The Bertz CT molecular complexity index is 1680. The van der Waals surface area contributed by atoms with E-state index >= 15 is 0 Å². The normalized spacial score (nSPS) is 21.6. The van der Waals surface area contributed by atoms with Crippen LogP contribution in [0.1, 0.15) is 5.56 Å². The highest BCUT2D eigenvalue weighted by molar-refractivity contribution is 6.35. The Morgan fingerprint density at radius 3 is 2.20 bits per heavy atom. The van der Waals surface area contributed by atoms with Gasteiger partial charge in [0, 0.05) is 48.1 Å². The number of aromatic nitrogens is 3. The molecule has 4 heterocycles. The van der Waals surface area contributed by atoms with Crippen LogP contribution in [0.3, 0.4) is 0 Å². The number of hydrogen-bond acceptors (Lipinski definition) is 9. The van der Waals surface area contributed by atoms with Crippen LogP contribution in [-0.2, 0) is 26.6 Å². The van der Waals surface area contributed by atoms with Crippen molar-refractivity contribution in [3.8, 4) is 5.75 Å². The molecule has 0 radical (unpaired) electrons. The van der Waals surface area contributed by atoms with Crippen LogP contribution in [0.15, 0.2) is 79.4 Å². The Kier molecular flexibility index (Phi) is 8.43. The number of hydrogen-bond donors (Lipinski definition) is 1. The number of ether oxygens (including phenoxy) is 3. The van der Waals surface area contributed by atoms with Crippen molar-refractivity contribution >= 4 is 52.2 Å². The molecule has 14 heteroatoms. The Hall–Kier alpha value is -4.36. The van der Waals surface area contributed by atoms with E-state index in [0.29, 0.717) is 27.9 Å². The predicted octanol–water partition coefficient (Wildman–Crippen LogP) is 4.32. The second-order valence-corrected chi connectivity index (χ2v) is 12.0. The van der Waals surface area contributed by atoms with E-state index < -0.39 is 5.79 Å². The summed E-state index contributed by atoms with van der Waals surface area (Å²) in [5.41, 5.74) is 3.41. The Morgan fingerprint density at radius 2 is 1.59 bits per heavy atom. The molecule has 0 aliphatic carbocycles. The molecule has 3 aromatic carbocycles. The summed E-state index contributed by atoms with van der Waals surface area (Å²) in [7, 11) is 0. The average Bonchev–Trinajstić information content (AvgIpc) is 3.82. The number of carbonyl (C=O) groups excluding carboxylic acids is 2. The number of nitrogens with zero attached hydrogens (tertiary/aromatic N) is 6. The van der Waals surface area contributed by atoms with Crippen molar-refractivity contribution in [2.75, 3.05) is 60.6 Å². The second-order valence-electron chi connectivity index (χ2n) is 11.2. The van der Waals surface area contributed by atoms with Gasteiger partial charge in [0.1, 0.15) is 37.7 Å². The Balaban J connectivity index is 0.928. The van der Waals surface area contributed by atoms with Crippen molar-refractivity contribution in [2.24, 2.45) is 0 Å². The number of nitrogens with one attached hydrogen (secondary N) is 1. The molecule has 4 aromatic rings. The zero-order valence-electron chi connectivity index (χ0n) is 24.7. The molecule has 0 bridgehead atoms. The summed E-state index contributed by atoms with van der Waals surface area (Å²) in [4.78, 5) is 33.8. The SMILES string of the molecule is O=C1CNC(=O)N1c1ccc(N2CCN(c3ccc(OCC4COC(Cn5cncn5)(c5ccc(Cl)cc5Cl)O4)cc3)CC2)cc1. The minimum atomic E-state index is -1.17. The molecule has 12 nitrogen and oxygen atoms in total. The molecule has 3 aliphatic heterocycles. The first-order chi connectivity index (χ1) is 22.4. The molecule has 2 unspecified atom stereocenters. The minimum absolute atomic E-state index is 0.0344. The van der Waals surface area contributed by atoms with Gasteiger partial charge in [0.2, 0.25) is 5.79 Å². The van der Waals surface area contributed by atoms with Crippen LogP contribution in [0.4, 0.5) is 21.9 Å². The lowest BCUT2D eigenvalue weighted by Gasteiger charge is -2.37. The van der Waals surface area contributed by atoms with E-state index in [0.717, 1.165) is 43.3 Å². The molecule has 7 rings (SSSR count). The van der Waals surface area contributed by atoms with Gasteiger partial charge in [-0.3, -0.25) is 4.79 Å². The van der Waals surface area contributed by atoms with E-state index in [1.54, 1.807) is 29.2 Å². The van der Waals surface area contributed by atoms with Gasteiger partial charge in [0.25, 0.3) is 5.91 Å². The van der Waals surface area contributed by atoms with Gasteiger partial charge < -0.3 is 29.3 Å². The first kappa shape index (κ1) is 30.3. The van der Waals surface area contributed by atoms with Gasteiger partial charge in [0.05, 0.1) is 23.9 Å². The molecule has 2 atom stereocenters. The highest BCUT2D eigenvalue weighted by atomic mass is 35.5. The molecule has 3 amide bonds. The smallest absolute Gasteiger partial charge is 0.329 e. The lowest BCUT2D eigenvalue weighted by Crippen LogP contribution is -2.46. The molecule has 1 N–H and O–H groups in total. The number of urea groups is 1. The van der Waals surface area contributed by atoms with Crippen LogP contribution in [0, 0.1) is 0 Å². The number of amides is 3. The molecule has 1 aromatic heterocycles. The van der Waals surface area contributed by atoms with Gasteiger partial charge in [-0.05, 0) is 60.7 Å². The van der Waals surface area contributed by atoms with Crippen LogP contribution in [-0.4, -0.2) is 78.7 Å². The van der Waals surface area contributed by atoms with E-state index in [9.17, 15) is 9.59 Å². The number of piperazine rings is 1. The van der Waals surface area contributed by atoms with Crippen molar-refractivity contribution in [2.45, 2.75) is 18.4 Å². The Morgan fingerprint density at radius 1 is 0.913 bits per heavy atom. The van der Waals surface area contributed by atoms with Crippen molar-refractivity contribution < 1.29 is 23.8 Å². The summed E-state index contributed by atoms with van der Waals surface area (Å²) >= 11 is 12.7. The summed E-state index contributed by atoms with van der Waals surface area (Å²) in [5.74, 6) is -0.680. The molecular weight excluding hydrogens is 633 g/mol. The lowest BCUT2D eigenvalue weighted by atomic mass is 10.1. The van der Waals surface area contributed by atoms with Crippen LogP contribution >= 0.6 is 23.2 Å². The third-order valence-corrected chi connectivity index (χ3v) is 8.82. The van der Waals surface area contributed by atoms with E-state index in [-0.39, 0.29) is 37.7 Å². The maximum absolute atomic E-state index is 12.0. The zero-order valence-corrected chi connectivity index (χ0v) is 26.2. The van der Waals surface area contributed by atoms with Gasteiger partial charge in [-0.25, -0.2) is 19.4 Å². The van der Waals surface area contributed by atoms with Crippen molar-refractivity contribution in [3.63, 3.8) is 0 Å². The van der Waals surface area contributed by atoms with Crippen molar-refractivity contribution in [1.82, 2.24) is 20.1 Å². The van der Waals surface area contributed by atoms with Crippen LogP contribution in [0.2, 0.25) is 10.0 Å². The van der Waals surface area contributed by atoms with E-state index in [1.165, 1.54) is 11.2 Å². The summed E-state index contributed by atoms with van der Waals surface area (Å²) in [6.45, 7) is 4.28. The molecule has 3 aliphatic rings. The first-order valence-corrected chi connectivity index (χ1v) is 15.7. The monoisotopic (exact) mass is 663 g/mol. The highest BCUT2D eigenvalue weighted by Gasteiger charge is 2.45. The molecule has 46 heavy (non-hydrogen) atoms. The number of anilines is 3. The molecule has 0 spiro atoms. The summed E-state index contributed by atoms with van der Waals surface area (Å²) in [5, 5.41) is 7.73. The van der Waals surface area contributed by atoms with Crippen molar-refractivity contribution in [3.05, 3.63) is 95.0 Å². The minimum Gasteiger partial charge on any atom is -0.491 e. The van der Waals surface area contributed by atoms with Gasteiger partial charge in [-0.15, -0.1) is 0 Å². The summed E-state index contributed by atoms with van der Waals surface area (Å²) < 4.78 is 20.4. The zero-order chi connectivity index (χ0) is 31.7. The van der Waals surface area contributed by atoms with Gasteiger partial charge in [0.15, 0.2) is 0 Å². The number of imide groups is 1. The maximum Gasteiger partial charge on any atom is 0.329 e. The predicted molar refractivity (Wildman–Crippen MR) is 173 cm³/mol. The van der Waals surface area contributed by atoms with Crippen molar-refractivity contribution in [1.29, 1.82) is 0 Å². The quantitative estimate of drug-likeness (QED) is 0.262. The summed E-state index contributed by atoms with van der Waals surface area (Å²) in [6, 6.07) is 20.4. The largest absolute Gasteiger partial charge is 0.491 e. The van der Waals surface area contributed by atoms with Gasteiger partial charge in [-0.1, -0.05) is 29.3 Å². The first-order valence-electron chi connectivity index (χ1n) is 14.9. The number of halogens is 2. The molecular formula is C32H31Cl2N7O5. The van der Waals surface area contributed by atoms with Crippen LogP contribution < -0.4 is 24.8 Å². The van der Waals surface area contributed by atoms with Gasteiger partial charge in [-0.2, -0.15) is 5.10 Å². The lowest BCUT2D eigenvalue weighted by molar-refractivity contribution is -0.190. The second kappa shape index (κ2) is 12.8. The van der Waals surface area contributed by atoms with E-state index in [4.69, 9.17) is 37.4 Å². The average molecular weight is 665 g/mol. The van der Waals surface area contributed by atoms with E-state index in [2.05, 4.69) is 37.3 Å². The number of rotatable bonds is 9. The maximum atomic E-state index is 12.0. The summed E-state index contributed by atoms with van der Waals surface area (Å²) in [6.07, 6.45) is 2.71. The molecule has 0 saturated carbocycles. The highest BCUT2D eigenvalue weighted by Crippen LogP contribution is 2.40. The number of carbonyl (C=O) groups is 2. The number of benzene rings is 3.